The second-order valence-corrected chi connectivity index (χ2v) is 5.71. The van der Waals surface area contributed by atoms with Crippen molar-refractivity contribution >= 4 is 17.6 Å². The second kappa shape index (κ2) is 8.41. The van der Waals surface area contributed by atoms with Crippen LogP contribution in [0.4, 0.5) is 10.5 Å². The van der Waals surface area contributed by atoms with E-state index in [2.05, 4.69) is 10.2 Å². The smallest absolute Gasteiger partial charge is 0.317 e. The lowest BCUT2D eigenvalue weighted by Gasteiger charge is -2.34. The number of hydrogen-bond donors (Lipinski definition) is 1. The predicted molar refractivity (Wildman–Crippen MR) is 91.6 cm³/mol. The van der Waals surface area contributed by atoms with Gasteiger partial charge in [0.2, 0.25) is 5.91 Å². The first kappa shape index (κ1) is 17.1. The number of nitrogens with zero attached hydrogens (tertiary/aromatic N) is 3. The Labute approximate surface area is 138 Å². The molecule has 23 heavy (non-hydrogen) atoms. The predicted octanol–water partition coefficient (Wildman–Crippen LogP) is 1.39. The fourth-order valence-electron chi connectivity index (χ4n) is 2.64. The lowest BCUT2D eigenvalue weighted by atomic mass is 10.3. The number of anilines is 1. The zero-order valence-corrected chi connectivity index (χ0v) is 14.0. The number of nitrogens with one attached hydrogen (secondary N) is 1. The van der Waals surface area contributed by atoms with Gasteiger partial charge in [0.15, 0.2) is 0 Å². The van der Waals surface area contributed by atoms with Crippen molar-refractivity contribution < 1.29 is 9.59 Å². The number of amides is 3. The molecule has 0 radical (unpaired) electrons. The second-order valence-electron chi connectivity index (χ2n) is 5.71. The van der Waals surface area contributed by atoms with Gasteiger partial charge in [-0.25, -0.2) is 4.79 Å². The van der Waals surface area contributed by atoms with Gasteiger partial charge in [-0.2, -0.15) is 0 Å². The van der Waals surface area contributed by atoms with Crippen LogP contribution in [-0.2, 0) is 4.79 Å². The number of para-hydroxylation sites is 1. The standard InChI is InChI=1S/C17H26N4O2/c1-3-16(22)20-11-13-21(14-12-20)17(23)18-9-10-19(2)15-7-5-4-6-8-15/h4-8H,3,9-14H2,1-2H3,(H,18,23). The van der Waals surface area contributed by atoms with E-state index in [0.29, 0.717) is 39.1 Å². The van der Waals surface area contributed by atoms with Crippen LogP contribution < -0.4 is 10.2 Å². The van der Waals surface area contributed by atoms with E-state index in [1.807, 2.05) is 49.2 Å². The fourth-order valence-corrected chi connectivity index (χ4v) is 2.64. The number of rotatable bonds is 5. The van der Waals surface area contributed by atoms with Gasteiger partial charge < -0.3 is 20.0 Å². The number of carbonyl (C=O) groups excluding carboxylic acids is 2. The van der Waals surface area contributed by atoms with Gasteiger partial charge in [0.25, 0.3) is 0 Å². The quantitative estimate of drug-likeness (QED) is 0.892. The van der Waals surface area contributed by atoms with E-state index < -0.39 is 0 Å². The van der Waals surface area contributed by atoms with Gasteiger partial charge >= 0.3 is 6.03 Å². The highest BCUT2D eigenvalue weighted by Crippen LogP contribution is 2.10. The van der Waals surface area contributed by atoms with Crippen LogP contribution in [0.2, 0.25) is 0 Å². The number of benzene rings is 1. The minimum absolute atomic E-state index is 0.0462. The molecule has 0 saturated carbocycles. The highest BCUT2D eigenvalue weighted by molar-refractivity contribution is 5.77. The molecule has 1 heterocycles. The molecule has 3 amide bonds. The minimum Gasteiger partial charge on any atom is -0.373 e. The summed E-state index contributed by atoms with van der Waals surface area (Å²) in [4.78, 5) is 29.5. The summed E-state index contributed by atoms with van der Waals surface area (Å²) >= 11 is 0. The molecule has 1 aliphatic heterocycles. The van der Waals surface area contributed by atoms with Gasteiger partial charge in [0, 0.05) is 58.4 Å². The Morgan fingerprint density at radius 2 is 1.70 bits per heavy atom. The Morgan fingerprint density at radius 3 is 2.30 bits per heavy atom. The van der Waals surface area contributed by atoms with Crippen LogP contribution in [-0.4, -0.2) is 68.1 Å². The Bertz CT molecular complexity index is 513. The van der Waals surface area contributed by atoms with E-state index in [1.54, 1.807) is 4.90 Å². The lowest BCUT2D eigenvalue weighted by Crippen LogP contribution is -2.53. The zero-order valence-electron chi connectivity index (χ0n) is 14.0. The van der Waals surface area contributed by atoms with Crippen LogP contribution in [0.5, 0.6) is 0 Å². The van der Waals surface area contributed by atoms with E-state index in [4.69, 9.17) is 0 Å². The maximum atomic E-state index is 12.2. The third-order valence-corrected chi connectivity index (χ3v) is 4.14. The van der Waals surface area contributed by atoms with Crippen molar-refractivity contribution in [2.45, 2.75) is 13.3 Å². The van der Waals surface area contributed by atoms with Crippen LogP contribution in [0.3, 0.4) is 0 Å². The molecule has 6 heteroatoms. The maximum absolute atomic E-state index is 12.2. The summed E-state index contributed by atoms with van der Waals surface area (Å²) in [5.41, 5.74) is 1.13. The van der Waals surface area contributed by atoms with Gasteiger partial charge in [0.1, 0.15) is 0 Å². The highest BCUT2D eigenvalue weighted by atomic mass is 16.2. The summed E-state index contributed by atoms with van der Waals surface area (Å²) in [6.45, 7) is 5.68. The SMILES string of the molecule is CCC(=O)N1CCN(C(=O)NCCN(C)c2ccccc2)CC1. The van der Waals surface area contributed by atoms with E-state index in [9.17, 15) is 9.59 Å². The average Bonchev–Trinajstić information content (AvgIpc) is 2.61. The van der Waals surface area contributed by atoms with Crippen LogP contribution in [0.15, 0.2) is 30.3 Å². The van der Waals surface area contributed by atoms with Gasteiger partial charge in [-0.3, -0.25) is 4.79 Å². The molecular weight excluding hydrogens is 292 g/mol. The van der Waals surface area contributed by atoms with Crippen molar-refractivity contribution in [3.8, 4) is 0 Å². The third kappa shape index (κ3) is 4.87. The van der Waals surface area contributed by atoms with Gasteiger partial charge in [-0.15, -0.1) is 0 Å². The van der Waals surface area contributed by atoms with Crippen LogP contribution >= 0.6 is 0 Å². The molecule has 1 aromatic carbocycles. The van der Waals surface area contributed by atoms with Crippen molar-refractivity contribution in [3.63, 3.8) is 0 Å². The number of piperazine rings is 1. The molecule has 0 aromatic heterocycles. The van der Waals surface area contributed by atoms with Crippen LogP contribution in [0.25, 0.3) is 0 Å². The molecule has 1 aliphatic rings. The maximum Gasteiger partial charge on any atom is 0.317 e. The molecule has 1 aromatic rings. The largest absolute Gasteiger partial charge is 0.373 e. The molecule has 0 bridgehead atoms. The first-order valence-corrected chi connectivity index (χ1v) is 8.18. The Hall–Kier alpha value is -2.24. The van der Waals surface area contributed by atoms with Crippen molar-refractivity contribution in [1.82, 2.24) is 15.1 Å². The van der Waals surface area contributed by atoms with Crippen LogP contribution in [0.1, 0.15) is 13.3 Å². The van der Waals surface area contributed by atoms with E-state index in [1.165, 1.54) is 0 Å². The molecule has 0 spiro atoms. The first-order chi connectivity index (χ1) is 11.1. The molecule has 126 valence electrons. The van der Waals surface area contributed by atoms with Crippen molar-refractivity contribution in [2.75, 3.05) is 51.2 Å². The van der Waals surface area contributed by atoms with E-state index >= 15 is 0 Å². The monoisotopic (exact) mass is 318 g/mol. The summed E-state index contributed by atoms with van der Waals surface area (Å²) < 4.78 is 0. The minimum atomic E-state index is -0.0462. The van der Waals surface area contributed by atoms with Crippen molar-refractivity contribution in [3.05, 3.63) is 30.3 Å². The molecular formula is C17H26N4O2. The summed E-state index contributed by atoms with van der Waals surface area (Å²) in [6, 6.07) is 10.0. The Kier molecular flexibility index (Phi) is 6.26. The average molecular weight is 318 g/mol. The molecule has 0 unspecified atom stereocenters. The number of likely N-dealkylation sites (N-methyl/N-ethyl adjacent to an activating group) is 1. The molecule has 0 atom stereocenters. The number of hydrogen-bond acceptors (Lipinski definition) is 3. The Morgan fingerprint density at radius 1 is 1.09 bits per heavy atom. The fraction of sp³-hybridized carbons (Fsp3) is 0.529. The molecule has 0 aliphatic carbocycles. The van der Waals surface area contributed by atoms with Gasteiger partial charge in [-0.1, -0.05) is 25.1 Å². The summed E-state index contributed by atoms with van der Waals surface area (Å²) in [5.74, 6) is 0.162. The molecule has 1 N–H and O–H groups in total. The normalized spacial score (nSPS) is 14.5. The third-order valence-electron chi connectivity index (χ3n) is 4.14. The van der Waals surface area contributed by atoms with Gasteiger partial charge in [0.05, 0.1) is 0 Å². The van der Waals surface area contributed by atoms with E-state index in [-0.39, 0.29) is 11.9 Å². The molecule has 1 saturated heterocycles. The number of urea groups is 1. The molecule has 6 nitrogen and oxygen atoms in total. The van der Waals surface area contributed by atoms with Crippen molar-refractivity contribution in [2.24, 2.45) is 0 Å². The number of carbonyl (C=O) groups is 2. The van der Waals surface area contributed by atoms with Crippen molar-refractivity contribution in [1.29, 1.82) is 0 Å². The summed E-state index contributed by atoms with van der Waals surface area (Å²) in [5, 5.41) is 2.95. The highest BCUT2D eigenvalue weighted by Gasteiger charge is 2.22. The first-order valence-electron chi connectivity index (χ1n) is 8.18. The topological polar surface area (TPSA) is 55.9 Å². The summed E-state index contributed by atoms with van der Waals surface area (Å²) in [6.07, 6.45) is 0.526. The lowest BCUT2D eigenvalue weighted by molar-refractivity contribution is -0.132. The Balaban J connectivity index is 1.69. The van der Waals surface area contributed by atoms with Crippen LogP contribution in [0, 0.1) is 0 Å². The van der Waals surface area contributed by atoms with Gasteiger partial charge in [-0.05, 0) is 12.1 Å². The molecule has 2 rings (SSSR count). The van der Waals surface area contributed by atoms with E-state index in [0.717, 1.165) is 12.2 Å². The molecule has 1 fully saturated rings. The summed E-state index contributed by atoms with van der Waals surface area (Å²) in [7, 11) is 2.01. The zero-order chi connectivity index (χ0) is 16.7.